The minimum Gasteiger partial charge on any atom is -0.479 e. The molecule has 2 aromatic rings. The highest BCUT2D eigenvalue weighted by Gasteiger charge is 2.23. The zero-order chi connectivity index (χ0) is 20.0. The van der Waals surface area contributed by atoms with Crippen LogP contribution in [0.25, 0.3) is 0 Å². The Morgan fingerprint density at radius 1 is 0.963 bits per heavy atom. The predicted molar refractivity (Wildman–Crippen MR) is 98.5 cm³/mol. The Morgan fingerprint density at radius 2 is 1.56 bits per heavy atom. The number of nitrogens with two attached hydrogens (primary N) is 1. The molecule has 3 N–H and O–H groups in total. The van der Waals surface area contributed by atoms with Gasteiger partial charge in [-0.3, -0.25) is 4.79 Å². The van der Waals surface area contributed by atoms with Gasteiger partial charge in [-0.25, -0.2) is 18.4 Å². The average Bonchev–Trinajstić information content (AvgIpc) is 2.62. The van der Waals surface area contributed by atoms with Gasteiger partial charge in [0.15, 0.2) is 12.2 Å². The molecule has 144 valence electrons. The van der Waals surface area contributed by atoms with E-state index < -0.39 is 34.1 Å². The Kier molecular flexibility index (Phi) is 6.54. The third-order valence-corrected chi connectivity index (χ3v) is 4.43. The number of hydrogen-bond donors (Lipinski definition) is 2. The summed E-state index contributed by atoms with van der Waals surface area (Å²) in [7, 11) is -3.81. The number of anilines is 1. The van der Waals surface area contributed by atoms with Gasteiger partial charge in [-0.2, -0.15) is 0 Å². The molecular weight excluding hydrogens is 372 g/mol. The van der Waals surface area contributed by atoms with Crippen LogP contribution in [0.4, 0.5) is 5.69 Å². The summed E-state index contributed by atoms with van der Waals surface area (Å²) in [5.41, 5.74) is 0.337. The van der Waals surface area contributed by atoms with Crippen LogP contribution in [0.5, 0.6) is 5.75 Å². The molecule has 8 nitrogen and oxygen atoms in total. The molecule has 0 fully saturated rings. The van der Waals surface area contributed by atoms with Gasteiger partial charge < -0.3 is 14.8 Å². The van der Waals surface area contributed by atoms with E-state index in [4.69, 9.17) is 14.6 Å². The molecule has 0 spiro atoms. The molecule has 1 amide bonds. The summed E-state index contributed by atoms with van der Waals surface area (Å²) in [6.07, 6.45) is -1.96. The predicted octanol–water partition coefficient (Wildman–Crippen LogP) is 1.67. The minimum absolute atomic E-state index is 0.0770. The Labute approximate surface area is 157 Å². The largest absolute Gasteiger partial charge is 0.479 e. The van der Waals surface area contributed by atoms with Crippen molar-refractivity contribution < 1.29 is 27.5 Å². The maximum Gasteiger partial charge on any atom is 0.347 e. The van der Waals surface area contributed by atoms with E-state index in [1.807, 2.05) is 6.07 Å². The van der Waals surface area contributed by atoms with E-state index in [-0.39, 0.29) is 4.90 Å². The number of nitrogens with one attached hydrogen (secondary N) is 1. The van der Waals surface area contributed by atoms with Gasteiger partial charge in [-0.05, 0) is 50.2 Å². The van der Waals surface area contributed by atoms with E-state index in [2.05, 4.69) is 5.32 Å². The van der Waals surface area contributed by atoms with E-state index >= 15 is 0 Å². The quantitative estimate of drug-likeness (QED) is 0.691. The number of benzene rings is 2. The van der Waals surface area contributed by atoms with Crippen molar-refractivity contribution in [1.82, 2.24) is 0 Å². The van der Waals surface area contributed by atoms with Crippen LogP contribution in [0.15, 0.2) is 59.5 Å². The van der Waals surface area contributed by atoms with Crippen LogP contribution in [0.1, 0.15) is 13.8 Å². The highest BCUT2D eigenvalue weighted by molar-refractivity contribution is 7.89. The lowest BCUT2D eigenvalue weighted by Crippen LogP contribution is -2.35. The standard InChI is InChI=1S/C18H20N2O6S/c1-12(26-18(22)13(2)25-15-6-4-3-5-7-15)17(21)20-14-8-10-16(11-9-14)27(19,23)24/h3-13H,1-2H3,(H,20,21)(H2,19,23,24)/t12-,13-/m0/s1. The molecule has 0 aromatic heterocycles. The summed E-state index contributed by atoms with van der Waals surface area (Å²) in [5, 5.41) is 7.53. The zero-order valence-corrected chi connectivity index (χ0v) is 15.6. The zero-order valence-electron chi connectivity index (χ0n) is 14.8. The van der Waals surface area contributed by atoms with Crippen molar-refractivity contribution >= 4 is 27.6 Å². The lowest BCUT2D eigenvalue weighted by atomic mass is 10.3. The number of para-hydroxylation sites is 1. The number of carbonyl (C=O) groups excluding carboxylic acids is 2. The van der Waals surface area contributed by atoms with E-state index in [1.54, 1.807) is 24.3 Å². The number of amides is 1. The molecule has 0 saturated carbocycles. The van der Waals surface area contributed by atoms with Crippen LogP contribution >= 0.6 is 0 Å². The lowest BCUT2D eigenvalue weighted by Gasteiger charge is -2.17. The maximum absolute atomic E-state index is 12.1. The summed E-state index contributed by atoms with van der Waals surface area (Å²) in [5.74, 6) is -0.751. The van der Waals surface area contributed by atoms with Gasteiger partial charge in [-0.1, -0.05) is 18.2 Å². The first-order valence-corrected chi connectivity index (χ1v) is 9.57. The number of primary sulfonamides is 1. The molecule has 9 heteroatoms. The van der Waals surface area contributed by atoms with Crippen molar-refractivity contribution in [1.29, 1.82) is 0 Å². The van der Waals surface area contributed by atoms with E-state index in [9.17, 15) is 18.0 Å². The summed E-state index contributed by atoms with van der Waals surface area (Å²) < 4.78 is 33.0. The van der Waals surface area contributed by atoms with Crippen molar-refractivity contribution in [3.63, 3.8) is 0 Å². The van der Waals surface area contributed by atoms with Crippen LogP contribution < -0.4 is 15.2 Å². The first-order valence-electron chi connectivity index (χ1n) is 8.03. The van der Waals surface area contributed by atoms with Crippen molar-refractivity contribution in [3.05, 3.63) is 54.6 Å². The first kappa shape index (κ1) is 20.4. The lowest BCUT2D eigenvalue weighted by molar-refractivity contribution is -0.159. The Morgan fingerprint density at radius 3 is 2.11 bits per heavy atom. The summed E-state index contributed by atoms with van der Waals surface area (Å²) in [6, 6.07) is 14.0. The molecule has 0 saturated heterocycles. The van der Waals surface area contributed by atoms with Crippen LogP contribution in [-0.4, -0.2) is 32.5 Å². The van der Waals surface area contributed by atoms with Crippen LogP contribution in [0.3, 0.4) is 0 Å². The van der Waals surface area contributed by atoms with Crippen LogP contribution in [0, 0.1) is 0 Å². The second-order valence-corrected chi connectivity index (χ2v) is 7.27. The summed E-state index contributed by atoms with van der Waals surface area (Å²) in [4.78, 5) is 24.1. The number of sulfonamides is 1. The van der Waals surface area contributed by atoms with Gasteiger partial charge >= 0.3 is 5.97 Å². The van der Waals surface area contributed by atoms with Gasteiger partial charge in [-0.15, -0.1) is 0 Å². The third kappa shape index (κ3) is 6.08. The molecule has 0 aliphatic carbocycles. The van der Waals surface area contributed by atoms with Gasteiger partial charge in [0.25, 0.3) is 5.91 Å². The fraction of sp³-hybridized carbons (Fsp3) is 0.222. The molecule has 0 bridgehead atoms. The smallest absolute Gasteiger partial charge is 0.347 e. The molecular formula is C18H20N2O6S. The summed E-state index contributed by atoms with van der Waals surface area (Å²) in [6.45, 7) is 2.94. The molecule has 0 unspecified atom stereocenters. The van der Waals surface area contributed by atoms with Crippen molar-refractivity contribution in [2.45, 2.75) is 31.0 Å². The number of esters is 1. The molecule has 2 rings (SSSR count). The molecule has 0 heterocycles. The molecule has 0 aliphatic heterocycles. The summed E-state index contributed by atoms with van der Waals surface area (Å²) >= 11 is 0. The van der Waals surface area contributed by atoms with Gasteiger partial charge in [0.2, 0.25) is 10.0 Å². The second-order valence-electron chi connectivity index (χ2n) is 5.71. The Balaban J connectivity index is 1.90. The second kappa shape index (κ2) is 8.65. The number of ether oxygens (including phenoxy) is 2. The average molecular weight is 392 g/mol. The monoisotopic (exact) mass is 392 g/mol. The minimum atomic E-state index is -3.81. The number of rotatable bonds is 7. The SMILES string of the molecule is C[C@H](OC(=O)[C@H](C)Oc1ccccc1)C(=O)Nc1ccc(S(N)(=O)=O)cc1. The van der Waals surface area contributed by atoms with E-state index in [0.717, 1.165) is 0 Å². The van der Waals surface area contributed by atoms with Crippen molar-refractivity contribution in [2.24, 2.45) is 5.14 Å². The van der Waals surface area contributed by atoms with Gasteiger partial charge in [0, 0.05) is 5.69 Å². The topological polar surface area (TPSA) is 125 Å². The molecule has 2 aromatic carbocycles. The van der Waals surface area contributed by atoms with E-state index in [0.29, 0.717) is 11.4 Å². The highest BCUT2D eigenvalue weighted by Crippen LogP contribution is 2.14. The molecule has 2 atom stereocenters. The number of carbonyl (C=O) groups is 2. The molecule has 27 heavy (non-hydrogen) atoms. The Bertz CT molecular complexity index is 897. The van der Waals surface area contributed by atoms with Crippen molar-refractivity contribution in [2.75, 3.05) is 5.32 Å². The first-order chi connectivity index (χ1) is 12.7. The maximum atomic E-state index is 12.1. The highest BCUT2D eigenvalue weighted by atomic mass is 32.2. The fourth-order valence-electron chi connectivity index (χ4n) is 2.05. The van der Waals surface area contributed by atoms with Crippen molar-refractivity contribution in [3.8, 4) is 5.75 Å². The van der Waals surface area contributed by atoms with Crippen LogP contribution in [-0.2, 0) is 24.3 Å². The number of hydrogen-bond acceptors (Lipinski definition) is 6. The molecule has 0 radical (unpaired) electrons. The van der Waals surface area contributed by atoms with Crippen LogP contribution in [0.2, 0.25) is 0 Å². The van der Waals surface area contributed by atoms with Gasteiger partial charge in [0.1, 0.15) is 5.75 Å². The van der Waals surface area contributed by atoms with E-state index in [1.165, 1.54) is 38.1 Å². The molecule has 0 aliphatic rings. The Hall–Kier alpha value is -2.91. The third-order valence-electron chi connectivity index (χ3n) is 3.50. The normalized spacial score (nSPS) is 13.3. The fourth-order valence-corrected chi connectivity index (χ4v) is 2.56. The van der Waals surface area contributed by atoms with Gasteiger partial charge in [0.05, 0.1) is 4.90 Å².